The second-order valence-electron chi connectivity index (χ2n) is 5.24. The Morgan fingerprint density at radius 2 is 2.18 bits per heavy atom. The number of hydrogen-bond donors (Lipinski definition) is 1. The standard InChI is InChI=1S/C16H22N2O4/c1-12-10-13(17-15(19)11-22-9-8-21-2)5-6-14(12)18-7-3-4-16(18)20/h5-6,10H,3-4,7-9,11H2,1-2H3,(H,17,19). The molecule has 0 radical (unpaired) electrons. The van der Waals surface area contributed by atoms with Crippen molar-refractivity contribution in [2.75, 3.05) is 43.7 Å². The highest BCUT2D eigenvalue weighted by Crippen LogP contribution is 2.27. The Morgan fingerprint density at radius 3 is 2.82 bits per heavy atom. The topological polar surface area (TPSA) is 67.9 Å². The zero-order chi connectivity index (χ0) is 15.9. The maximum atomic E-state index is 11.8. The van der Waals surface area contributed by atoms with Crippen molar-refractivity contribution in [1.29, 1.82) is 0 Å². The van der Waals surface area contributed by atoms with E-state index in [1.54, 1.807) is 18.1 Å². The molecule has 1 aliphatic heterocycles. The van der Waals surface area contributed by atoms with Crippen LogP contribution in [0.15, 0.2) is 18.2 Å². The molecule has 0 unspecified atom stereocenters. The second kappa shape index (κ2) is 7.91. The summed E-state index contributed by atoms with van der Waals surface area (Å²) in [6.07, 6.45) is 1.51. The van der Waals surface area contributed by atoms with E-state index in [2.05, 4.69) is 5.32 Å². The largest absolute Gasteiger partial charge is 0.382 e. The molecule has 6 nitrogen and oxygen atoms in total. The number of nitrogens with zero attached hydrogens (tertiary/aromatic N) is 1. The van der Waals surface area contributed by atoms with E-state index in [0.717, 1.165) is 24.2 Å². The molecule has 2 amide bonds. The van der Waals surface area contributed by atoms with Crippen LogP contribution >= 0.6 is 0 Å². The maximum Gasteiger partial charge on any atom is 0.250 e. The fraction of sp³-hybridized carbons (Fsp3) is 0.500. The van der Waals surface area contributed by atoms with E-state index in [0.29, 0.717) is 25.3 Å². The van der Waals surface area contributed by atoms with Gasteiger partial charge in [0.15, 0.2) is 0 Å². The number of methoxy groups -OCH3 is 1. The van der Waals surface area contributed by atoms with Crippen molar-refractivity contribution in [2.24, 2.45) is 0 Å². The molecule has 0 bridgehead atoms. The van der Waals surface area contributed by atoms with Crippen LogP contribution in [0.5, 0.6) is 0 Å². The van der Waals surface area contributed by atoms with E-state index in [9.17, 15) is 9.59 Å². The first-order chi connectivity index (χ1) is 10.6. The number of benzene rings is 1. The number of aryl methyl sites for hydroxylation is 1. The molecule has 22 heavy (non-hydrogen) atoms. The number of ether oxygens (including phenoxy) is 2. The van der Waals surface area contributed by atoms with Crippen molar-refractivity contribution in [3.8, 4) is 0 Å². The fourth-order valence-corrected chi connectivity index (χ4v) is 2.44. The lowest BCUT2D eigenvalue weighted by Gasteiger charge is -2.19. The minimum atomic E-state index is -0.208. The van der Waals surface area contributed by atoms with Crippen LogP contribution in [-0.2, 0) is 19.1 Å². The van der Waals surface area contributed by atoms with Gasteiger partial charge in [0.2, 0.25) is 11.8 Å². The number of hydrogen-bond acceptors (Lipinski definition) is 4. The maximum absolute atomic E-state index is 11.8. The molecule has 1 aromatic rings. The Balaban J connectivity index is 1.92. The average Bonchev–Trinajstić information content (AvgIpc) is 2.90. The van der Waals surface area contributed by atoms with Crippen LogP contribution < -0.4 is 10.2 Å². The van der Waals surface area contributed by atoms with Crippen LogP contribution in [0.1, 0.15) is 18.4 Å². The van der Waals surface area contributed by atoms with Gasteiger partial charge in [-0.2, -0.15) is 0 Å². The van der Waals surface area contributed by atoms with E-state index in [4.69, 9.17) is 9.47 Å². The van der Waals surface area contributed by atoms with Crippen LogP contribution in [0.2, 0.25) is 0 Å². The smallest absolute Gasteiger partial charge is 0.250 e. The fourth-order valence-electron chi connectivity index (χ4n) is 2.44. The summed E-state index contributed by atoms with van der Waals surface area (Å²) in [7, 11) is 1.58. The monoisotopic (exact) mass is 306 g/mol. The zero-order valence-corrected chi connectivity index (χ0v) is 13.1. The van der Waals surface area contributed by atoms with E-state index in [1.807, 2.05) is 19.1 Å². The van der Waals surface area contributed by atoms with Gasteiger partial charge in [-0.05, 0) is 37.1 Å². The third-order valence-electron chi connectivity index (χ3n) is 3.51. The van der Waals surface area contributed by atoms with Gasteiger partial charge < -0.3 is 19.7 Å². The summed E-state index contributed by atoms with van der Waals surface area (Å²) >= 11 is 0. The molecule has 1 N–H and O–H groups in total. The predicted octanol–water partition coefficient (Wildman–Crippen LogP) is 1.72. The molecular weight excluding hydrogens is 284 g/mol. The molecule has 0 spiro atoms. The summed E-state index contributed by atoms with van der Waals surface area (Å²) in [6, 6.07) is 5.55. The van der Waals surface area contributed by atoms with Gasteiger partial charge >= 0.3 is 0 Å². The van der Waals surface area contributed by atoms with E-state index in [-0.39, 0.29) is 18.4 Å². The molecule has 1 fully saturated rings. The van der Waals surface area contributed by atoms with Crippen molar-refractivity contribution in [2.45, 2.75) is 19.8 Å². The molecule has 0 aromatic heterocycles. The molecule has 2 rings (SSSR count). The van der Waals surface area contributed by atoms with E-state index >= 15 is 0 Å². The van der Waals surface area contributed by atoms with Gasteiger partial charge in [0.1, 0.15) is 6.61 Å². The number of anilines is 2. The molecule has 1 aliphatic rings. The summed E-state index contributed by atoms with van der Waals surface area (Å²) in [5.41, 5.74) is 2.58. The molecule has 1 heterocycles. The van der Waals surface area contributed by atoms with Gasteiger partial charge in [-0.15, -0.1) is 0 Å². The Kier molecular flexibility index (Phi) is 5.91. The average molecular weight is 306 g/mol. The highest BCUT2D eigenvalue weighted by atomic mass is 16.5. The second-order valence-corrected chi connectivity index (χ2v) is 5.24. The molecule has 120 valence electrons. The molecular formula is C16H22N2O4. The van der Waals surface area contributed by atoms with Gasteiger partial charge in [-0.25, -0.2) is 0 Å². The number of carbonyl (C=O) groups is 2. The van der Waals surface area contributed by atoms with Crippen molar-refractivity contribution >= 4 is 23.2 Å². The van der Waals surface area contributed by atoms with Crippen molar-refractivity contribution in [3.05, 3.63) is 23.8 Å². The van der Waals surface area contributed by atoms with Crippen molar-refractivity contribution in [1.82, 2.24) is 0 Å². The number of nitrogens with one attached hydrogen (secondary N) is 1. The predicted molar refractivity (Wildman–Crippen MR) is 84.1 cm³/mol. The van der Waals surface area contributed by atoms with Gasteiger partial charge in [0.05, 0.1) is 13.2 Å². The van der Waals surface area contributed by atoms with Crippen molar-refractivity contribution < 1.29 is 19.1 Å². The van der Waals surface area contributed by atoms with Crippen LogP contribution in [-0.4, -0.2) is 45.3 Å². The van der Waals surface area contributed by atoms with Crippen molar-refractivity contribution in [3.63, 3.8) is 0 Å². The minimum Gasteiger partial charge on any atom is -0.382 e. The van der Waals surface area contributed by atoms with Crippen LogP contribution in [0.25, 0.3) is 0 Å². The Morgan fingerprint density at radius 1 is 1.36 bits per heavy atom. The lowest BCUT2D eigenvalue weighted by molar-refractivity contribution is -0.121. The minimum absolute atomic E-state index is 0.00519. The molecule has 6 heteroatoms. The third kappa shape index (κ3) is 4.29. The molecule has 0 aliphatic carbocycles. The third-order valence-corrected chi connectivity index (χ3v) is 3.51. The SMILES string of the molecule is COCCOCC(=O)Nc1ccc(N2CCCC2=O)c(C)c1. The Hall–Kier alpha value is -1.92. The molecule has 0 saturated carbocycles. The first-order valence-electron chi connectivity index (χ1n) is 7.39. The number of rotatable bonds is 7. The first-order valence-corrected chi connectivity index (χ1v) is 7.39. The lowest BCUT2D eigenvalue weighted by atomic mass is 10.1. The number of amides is 2. The summed E-state index contributed by atoms with van der Waals surface area (Å²) in [6.45, 7) is 3.54. The van der Waals surface area contributed by atoms with Crippen LogP contribution in [0.4, 0.5) is 11.4 Å². The molecule has 1 aromatic carbocycles. The van der Waals surface area contributed by atoms with Crippen LogP contribution in [0, 0.1) is 6.92 Å². The normalized spacial score (nSPS) is 14.5. The first kappa shape index (κ1) is 16.5. The summed E-state index contributed by atoms with van der Waals surface area (Å²) in [4.78, 5) is 25.3. The zero-order valence-electron chi connectivity index (χ0n) is 13.1. The number of carbonyl (C=O) groups excluding carboxylic acids is 2. The van der Waals surface area contributed by atoms with E-state index in [1.165, 1.54) is 0 Å². The van der Waals surface area contributed by atoms with Crippen LogP contribution in [0.3, 0.4) is 0 Å². The molecule has 1 saturated heterocycles. The quantitative estimate of drug-likeness (QED) is 0.779. The van der Waals surface area contributed by atoms with Gasteiger partial charge in [0, 0.05) is 31.5 Å². The van der Waals surface area contributed by atoms with Gasteiger partial charge in [-0.1, -0.05) is 0 Å². The molecule has 0 atom stereocenters. The Bertz CT molecular complexity index is 545. The van der Waals surface area contributed by atoms with Gasteiger partial charge in [-0.3, -0.25) is 9.59 Å². The Labute approximate surface area is 130 Å². The van der Waals surface area contributed by atoms with Gasteiger partial charge in [0.25, 0.3) is 0 Å². The summed E-state index contributed by atoms with van der Waals surface area (Å²) in [5, 5.41) is 2.78. The highest BCUT2D eigenvalue weighted by molar-refractivity contribution is 5.97. The lowest BCUT2D eigenvalue weighted by Crippen LogP contribution is -2.24. The summed E-state index contributed by atoms with van der Waals surface area (Å²) in [5.74, 6) is -0.0491. The van der Waals surface area contributed by atoms with E-state index < -0.39 is 0 Å². The highest BCUT2D eigenvalue weighted by Gasteiger charge is 2.22. The summed E-state index contributed by atoms with van der Waals surface area (Å²) < 4.78 is 10.0.